The van der Waals surface area contributed by atoms with Crippen LogP contribution in [0.25, 0.3) is 0 Å². The van der Waals surface area contributed by atoms with Crippen LogP contribution in [0.15, 0.2) is 12.4 Å². The van der Waals surface area contributed by atoms with Gasteiger partial charge in [0.15, 0.2) is 0 Å². The van der Waals surface area contributed by atoms with Gasteiger partial charge in [0.2, 0.25) is 5.95 Å². The van der Waals surface area contributed by atoms with Gasteiger partial charge in [-0.2, -0.15) is 0 Å². The third kappa shape index (κ3) is 1.89. The van der Waals surface area contributed by atoms with Crippen molar-refractivity contribution in [1.82, 2.24) is 9.97 Å². The lowest BCUT2D eigenvalue weighted by atomic mass is 10.3. The number of anilines is 1. The maximum Gasteiger partial charge on any atom is 0.223 e. The lowest BCUT2D eigenvalue weighted by Gasteiger charge is -2.13. The average Bonchev–Trinajstić information content (AvgIpc) is 2.90. The second kappa shape index (κ2) is 3.12. The second-order valence-corrected chi connectivity index (χ2v) is 3.77. The molecule has 1 aliphatic rings. The molecule has 0 bridgehead atoms. The predicted octanol–water partition coefficient (Wildman–Crippen LogP) is 1.03. The molecule has 0 saturated heterocycles. The van der Waals surface area contributed by atoms with E-state index in [1.807, 2.05) is 0 Å². The first-order valence-electron chi connectivity index (χ1n) is 4.20. The third-order valence-corrected chi connectivity index (χ3v) is 2.44. The van der Waals surface area contributed by atoms with Gasteiger partial charge in [0.05, 0.1) is 23.0 Å². The monoisotopic (exact) mass is 198 g/mol. The molecule has 70 valence electrons. The standard InChI is InChI=1S/C8H11ClN4/c9-6-3-11-7(12-4-6)13-8(5-10)1-2-8/h3-4H,1-2,5,10H2,(H,11,12,13). The molecular formula is C8H11ClN4. The summed E-state index contributed by atoms with van der Waals surface area (Å²) in [5.74, 6) is 0.604. The summed E-state index contributed by atoms with van der Waals surface area (Å²) < 4.78 is 0. The molecule has 0 amide bonds. The van der Waals surface area contributed by atoms with E-state index in [2.05, 4.69) is 15.3 Å². The maximum absolute atomic E-state index is 5.65. The highest BCUT2D eigenvalue weighted by atomic mass is 35.5. The molecule has 1 saturated carbocycles. The minimum atomic E-state index is 0.0494. The summed E-state index contributed by atoms with van der Waals surface area (Å²) in [5, 5.41) is 3.74. The van der Waals surface area contributed by atoms with Crippen LogP contribution in [-0.2, 0) is 0 Å². The SMILES string of the molecule is NCC1(Nc2ncc(Cl)cn2)CC1. The van der Waals surface area contributed by atoms with Gasteiger partial charge in [-0.15, -0.1) is 0 Å². The normalized spacial score (nSPS) is 18.3. The zero-order valence-corrected chi connectivity index (χ0v) is 7.88. The summed E-state index contributed by atoms with van der Waals surface area (Å²) >= 11 is 5.65. The van der Waals surface area contributed by atoms with E-state index in [0.29, 0.717) is 17.5 Å². The summed E-state index contributed by atoms with van der Waals surface area (Å²) in [5.41, 5.74) is 5.65. The van der Waals surface area contributed by atoms with E-state index in [1.165, 1.54) is 0 Å². The highest BCUT2D eigenvalue weighted by Crippen LogP contribution is 2.36. The fraction of sp³-hybridized carbons (Fsp3) is 0.500. The number of hydrogen-bond donors (Lipinski definition) is 2. The Bertz CT molecular complexity index is 294. The second-order valence-electron chi connectivity index (χ2n) is 3.33. The van der Waals surface area contributed by atoms with Gasteiger partial charge in [-0.3, -0.25) is 0 Å². The number of halogens is 1. The zero-order chi connectivity index (χ0) is 9.31. The van der Waals surface area contributed by atoms with E-state index in [1.54, 1.807) is 12.4 Å². The van der Waals surface area contributed by atoms with Gasteiger partial charge in [0, 0.05) is 6.54 Å². The van der Waals surface area contributed by atoms with Gasteiger partial charge in [-0.25, -0.2) is 9.97 Å². The number of nitrogens with one attached hydrogen (secondary N) is 1. The van der Waals surface area contributed by atoms with E-state index < -0.39 is 0 Å². The number of nitrogens with zero attached hydrogens (tertiary/aromatic N) is 2. The minimum Gasteiger partial charge on any atom is -0.348 e. The van der Waals surface area contributed by atoms with Crippen molar-refractivity contribution in [1.29, 1.82) is 0 Å². The summed E-state index contributed by atoms with van der Waals surface area (Å²) in [4.78, 5) is 8.08. The van der Waals surface area contributed by atoms with Crippen molar-refractivity contribution in [3.05, 3.63) is 17.4 Å². The van der Waals surface area contributed by atoms with E-state index in [0.717, 1.165) is 12.8 Å². The van der Waals surface area contributed by atoms with Crippen LogP contribution in [0.5, 0.6) is 0 Å². The largest absolute Gasteiger partial charge is 0.348 e. The molecule has 2 rings (SSSR count). The molecule has 3 N–H and O–H groups in total. The average molecular weight is 199 g/mol. The number of rotatable bonds is 3. The van der Waals surface area contributed by atoms with E-state index in [9.17, 15) is 0 Å². The summed E-state index contributed by atoms with van der Waals surface area (Å²) in [6.07, 6.45) is 5.33. The molecule has 0 radical (unpaired) electrons. The van der Waals surface area contributed by atoms with Crippen LogP contribution in [0.2, 0.25) is 5.02 Å². The quantitative estimate of drug-likeness (QED) is 0.762. The Morgan fingerprint density at radius 3 is 2.54 bits per heavy atom. The van der Waals surface area contributed by atoms with Gasteiger partial charge in [0.25, 0.3) is 0 Å². The lowest BCUT2D eigenvalue weighted by molar-refractivity contribution is 0.730. The fourth-order valence-corrected chi connectivity index (χ4v) is 1.24. The molecule has 1 aliphatic carbocycles. The van der Waals surface area contributed by atoms with Crippen LogP contribution in [0.1, 0.15) is 12.8 Å². The van der Waals surface area contributed by atoms with Crippen molar-refractivity contribution in [2.45, 2.75) is 18.4 Å². The molecule has 0 atom stereocenters. The molecule has 5 heteroatoms. The van der Waals surface area contributed by atoms with Gasteiger partial charge < -0.3 is 11.1 Å². The Morgan fingerprint density at radius 2 is 2.08 bits per heavy atom. The number of aromatic nitrogens is 2. The predicted molar refractivity (Wildman–Crippen MR) is 51.7 cm³/mol. The molecular weight excluding hydrogens is 188 g/mol. The van der Waals surface area contributed by atoms with Crippen molar-refractivity contribution in [2.75, 3.05) is 11.9 Å². The smallest absolute Gasteiger partial charge is 0.223 e. The van der Waals surface area contributed by atoms with Crippen LogP contribution in [0.3, 0.4) is 0 Å². The van der Waals surface area contributed by atoms with Crippen molar-refractivity contribution >= 4 is 17.5 Å². The summed E-state index contributed by atoms with van der Waals surface area (Å²) in [6.45, 7) is 0.624. The van der Waals surface area contributed by atoms with E-state index in [4.69, 9.17) is 17.3 Å². The van der Waals surface area contributed by atoms with Gasteiger partial charge in [-0.1, -0.05) is 11.6 Å². The molecule has 1 heterocycles. The molecule has 4 nitrogen and oxygen atoms in total. The van der Waals surface area contributed by atoms with Crippen LogP contribution in [-0.4, -0.2) is 22.1 Å². The summed E-state index contributed by atoms with van der Waals surface area (Å²) in [7, 11) is 0. The minimum absolute atomic E-state index is 0.0494. The van der Waals surface area contributed by atoms with E-state index in [-0.39, 0.29) is 5.54 Å². The number of nitrogens with two attached hydrogens (primary N) is 1. The van der Waals surface area contributed by atoms with Gasteiger partial charge in [-0.05, 0) is 12.8 Å². The summed E-state index contributed by atoms with van der Waals surface area (Å²) in [6, 6.07) is 0. The molecule has 0 spiro atoms. The maximum atomic E-state index is 5.65. The van der Waals surface area contributed by atoms with Crippen molar-refractivity contribution in [3.8, 4) is 0 Å². The topological polar surface area (TPSA) is 63.8 Å². The van der Waals surface area contributed by atoms with Crippen LogP contribution < -0.4 is 11.1 Å². The van der Waals surface area contributed by atoms with Crippen molar-refractivity contribution in [3.63, 3.8) is 0 Å². The Balaban J connectivity index is 2.06. The third-order valence-electron chi connectivity index (χ3n) is 2.24. The Kier molecular flexibility index (Phi) is 2.09. The first-order valence-corrected chi connectivity index (χ1v) is 4.58. The highest BCUT2D eigenvalue weighted by molar-refractivity contribution is 6.30. The Hall–Kier alpha value is -0.870. The molecule has 0 unspecified atom stereocenters. The van der Waals surface area contributed by atoms with Crippen LogP contribution in [0, 0.1) is 0 Å². The zero-order valence-electron chi connectivity index (χ0n) is 7.13. The molecule has 1 aromatic rings. The Labute approximate surface area is 81.5 Å². The first kappa shape index (κ1) is 8.72. The molecule has 0 aromatic carbocycles. The first-order chi connectivity index (χ1) is 6.24. The lowest BCUT2D eigenvalue weighted by Crippen LogP contribution is -2.31. The van der Waals surface area contributed by atoms with Gasteiger partial charge in [0.1, 0.15) is 0 Å². The highest BCUT2D eigenvalue weighted by Gasteiger charge is 2.41. The Morgan fingerprint density at radius 1 is 1.46 bits per heavy atom. The molecule has 1 fully saturated rings. The number of hydrogen-bond acceptors (Lipinski definition) is 4. The van der Waals surface area contributed by atoms with Crippen LogP contribution >= 0.6 is 11.6 Å². The molecule has 0 aliphatic heterocycles. The molecule has 1 aromatic heterocycles. The van der Waals surface area contributed by atoms with Crippen molar-refractivity contribution < 1.29 is 0 Å². The fourth-order valence-electron chi connectivity index (χ4n) is 1.15. The van der Waals surface area contributed by atoms with E-state index >= 15 is 0 Å². The van der Waals surface area contributed by atoms with Gasteiger partial charge >= 0.3 is 0 Å². The van der Waals surface area contributed by atoms with Crippen molar-refractivity contribution in [2.24, 2.45) is 5.73 Å². The molecule has 13 heavy (non-hydrogen) atoms. The van der Waals surface area contributed by atoms with Crippen LogP contribution in [0.4, 0.5) is 5.95 Å².